The zero-order valence-electron chi connectivity index (χ0n) is 20.7. The van der Waals surface area contributed by atoms with Crippen LogP contribution in [0.1, 0.15) is 35.2 Å². The Hall–Kier alpha value is -3.20. The van der Waals surface area contributed by atoms with E-state index in [2.05, 4.69) is 4.90 Å². The fourth-order valence-electron chi connectivity index (χ4n) is 4.63. The first-order chi connectivity index (χ1) is 17.9. The number of piperidine rings is 1. The lowest BCUT2D eigenvalue weighted by Crippen LogP contribution is -2.33. The summed E-state index contributed by atoms with van der Waals surface area (Å²) in [5.41, 5.74) is 2.05. The lowest BCUT2D eigenvalue weighted by atomic mass is 9.97. The molecule has 3 aromatic carbocycles. The zero-order valence-corrected chi connectivity index (χ0v) is 22.3. The average molecular weight is 536 g/mol. The van der Waals surface area contributed by atoms with Gasteiger partial charge in [0.15, 0.2) is 5.78 Å². The minimum Gasteiger partial charge on any atom is -0.492 e. The second-order valence-electron chi connectivity index (χ2n) is 9.22. The summed E-state index contributed by atoms with van der Waals surface area (Å²) >= 11 is 1.54. The molecule has 0 N–H and O–H groups in total. The van der Waals surface area contributed by atoms with Gasteiger partial charge >= 0.3 is 10.1 Å². The Kier molecular flexibility index (Phi) is 7.60. The van der Waals surface area contributed by atoms with Crippen molar-refractivity contribution in [2.45, 2.75) is 19.3 Å². The number of fused-ring (bicyclic) bond motifs is 1. The molecule has 4 aromatic rings. The summed E-state index contributed by atoms with van der Waals surface area (Å²) in [6.07, 6.45) is 4.84. The lowest BCUT2D eigenvalue weighted by molar-refractivity contribution is 0.104. The van der Waals surface area contributed by atoms with Gasteiger partial charge in [0.25, 0.3) is 0 Å². The van der Waals surface area contributed by atoms with Gasteiger partial charge < -0.3 is 8.92 Å². The minimum atomic E-state index is -3.61. The monoisotopic (exact) mass is 535 g/mol. The Balaban J connectivity index is 1.37. The van der Waals surface area contributed by atoms with Crippen LogP contribution in [0.5, 0.6) is 11.5 Å². The van der Waals surface area contributed by atoms with E-state index in [9.17, 15) is 13.2 Å². The van der Waals surface area contributed by atoms with E-state index in [4.69, 9.17) is 8.92 Å². The molecule has 1 saturated heterocycles. The molecule has 0 spiro atoms. The van der Waals surface area contributed by atoms with Crippen molar-refractivity contribution in [2.75, 3.05) is 32.5 Å². The molecule has 0 aliphatic carbocycles. The van der Waals surface area contributed by atoms with Crippen LogP contribution in [0.15, 0.2) is 72.8 Å². The fraction of sp³-hybridized carbons (Fsp3) is 0.276. The van der Waals surface area contributed by atoms with E-state index < -0.39 is 10.1 Å². The number of carbonyl (C=O) groups is 1. The molecule has 2 heterocycles. The van der Waals surface area contributed by atoms with Crippen molar-refractivity contribution in [1.29, 1.82) is 0 Å². The number of likely N-dealkylation sites (tertiary alicyclic amines) is 1. The SMILES string of the molecule is CS(=O)(=O)Oc1ccc(-c2sc3ccccc3c2C(=O)c2ccc(OCCN3CCCCC3)cc2)cc1. The van der Waals surface area contributed by atoms with Crippen molar-refractivity contribution in [3.8, 4) is 21.9 Å². The summed E-state index contributed by atoms with van der Waals surface area (Å²) in [4.78, 5) is 17.0. The number of rotatable bonds is 9. The van der Waals surface area contributed by atoms with Crippen molar-refractivity contribution in [3.05, 3.63) is 83.9 Å². The molecule has 0 radical (unpaired) electrons. The Morgan fingerprint density at radius 2 is 1.57 bits per heavy atom. The van der Waals surface area contributed by atoms with Crippen molar-refractivity contribution in [1.82, 2.24) is 4.90 Å². The molecule has 0 bridgehead atoms. The third-order valence-electron chi connectivity index (χ3n) is 6.43. The highest BCUT2D eigenvalue weighted by Crippen LogP contribution is 2.40. The predicted molar refractivity (Wildman–Crippen MR) is 148 cm³/mol. The van der Waals surface area contributed by atoms with Crippen molar-refractivity contribution < 1.29 is 22.1 Å². The molecule has 0 atom stereocenters. The molecule has 5 rings (SSSR count). The second-order valence-corrected chi connectivity index (χ2v) is 11.8. The number of hydrogen-bond acceptors (Lipinski definition) is 7. The van der Waals surface area contributed by atoms with Crippen LogP contribution in [0.2, 0.25) is 0 Å². The van der Waals surface area contributed by atoms with E-state index in [0.29, 0.717) is 17.7 Å². The van der Waals surface area contributed by atoms with Gasteiger partial charge in [-0.25, -0.2) is 0 Å². The summed E-state index contributed by atoms with van der Waals surface area (Å²) in [5, 5.41) is 0.894. The van der Waals surface area contributed by atoms with Gasteiger partial charge in [0, 0.05) is 32.6 Å². The van der Waals surface area contributed by atoms with Gasteiger partial charge in [-0.15, -0.1) is 11.3 Å². The third-order valence-corrected chi connectivity index (χ3v) is 8.14. The van der Waals surface area contributed by atoms with Crippen molar-refractivity contribution in [2.24, 2.45) is 0 Å². The smallest absolute Gasteiger partial charge is 0.306 e. The topological polar surface area (TPSA) is 72.9 Å². The molecule has 8 heteroatoms. The molecule has 37 heavy (non-hydrogen) atoms. The van der Waals surface area contributed by atoms with E-state index in [0.717, 1.165) is 52.2 Å². The summed E-state index contributed by atoms with van der Waals surface area (Å²) in [7, 11) is -3.61. The number of benzene rings is 3. The quantitative estimate of drug-likeness (QED) is 0.193. The largest absolute Gasteiger partial charge is 0.492 e. The maximum atomic E-state index is 13.8. The van der Waals surface area contributed by atoms with Gasteiger partial charge in [-0.2, -0.15) is 8.42 Å². The first kappa shape index (κ1) is 25.4. The van der Waals surface area contributed by atoms with Crippen LogP contribution in [-0.4, -0.2) is 51.6 Å². The minimum absolute atomic E-state index is 0.0659. The normalized spacial score (nSPS) is 14.5. The van der Waals surface area contributed by atoms with Gasteiger partial charge in [0.2, 0.25) is 0 Å². The molecule has 1 aliphatic rings. The Morgan fingerprint density at radius 3 is 2.27 bits per heavy atom. The average Bonchev–Trinajstić information content (AvgIpc) is 3.28. The van der Waals surface area contributed by atoms with Gasteiger partial charge in [0.05, 0.1) is 6.26 Å². The van der Waals surface area contributed by atoms with Crippen LogP contribution in [0.3, 0.4) is 0 Å². The summed E-state index contributed by atoms with van der Waals surface area (Å²) in [5.74, 6) is 0.922. The molecule has 0 unspecified atom stereocenters. The summed E-state index contributed by atoms with van der Waals surface area (Å²) < 4.78 is 34.8. The molecule has 1 fully saturated rings. The third kappa shape index (κ3) is 6.21. The van der Waals surface area contributed by atoms with Crippen LogP contribution in [-0.2, 0) is 10.1 Å². The molecule has 1 aromatic heterocycles. The van der Waals surface area contributed by atoms with Gasteiger partial charge in [-0.3, -0.25) is 9.69 Å². The highest BCUT2D eigenvalue weighted by Gasteiger charge is 2.22. The molecule has 0 amide bonds. The maximum absolute atomic E-state index is 13.8. The molecular weight excluding hydrogens is 506 g/mol. The van der Waals surface area contributed by atoms with Crippen molar-refractivity contribution >= 4 is 37.3 Å². The number of carbonyl (C=O) groups excluding carboxylic acids is 1. The number of ether oxygens (including phenoxy) is 1. The van der Waals surface area contributed by atoms with Crippen molar-refractivity contribution in [3.63, 3.8) is 0 Å². The molecular formula is C29H29NO5S2. The highest BCUT2D eigenvalue weighted by atomic mass is 32.2. The molecule has 6 nitrogen and oxygen atoms in total. The molecule has 0 saturated carbocycles. The highest BCUT2D eigenvalue weighted by molar-refractivity contribution is 7.86. The summed E-state index contributed by atoms with van der Waals surface area (Å²) in [6, 6.07) is 22.0. The van der Waals surface area contributed by atoms with Gasteiger partial charge in [-0.1, -0.05) is 24.6 Å². The Morgan fingerprint density at radius 1 is 0.892 bits per heavy atom. The van der Waals surface area contributed by atoms with Gasteiger partial charge in [0.1, 0.15) is 18.1 Å². The second kappa shape index (κ2) is 11.0. The summed E-state index contributed by atoms with van der Waals surface area (Å²) in [6.45, 7) is 3.83. The Bertz CT molecular complexity index is 1490. The first-order valence-corrected chi connectivity index (χ1v) is 15.0. The van der Waals surface area contributed by atoms with E-state index in [-0.39, 0.29) is 11.5 Å². The van der Waals surface area contributed by atoms with E-state index in [1.165, 1.54) is 30.6 Å². The van der Waals surface area contributed by atoms with Crippen LogP contribution in [0.25, 0.3) is 20.5 Å². The lowest BCUT2D eigenvalue weighted by Gasteiger charge is -2.26. The zero-order chi connectivity index (χ0) is 25.8. The van der Waals surface area contributed by atoms with Crippen LogP contribution in [0.4, 0.5) is 0 Å². The molecule has 1 aliphatic heterocycles. The predicted octanol–water partition coefficient (Wildman–Crippen LogP) is 6.00. The number of nitrogens with zero attached hydrogens (tertiary/aromatic N) is 1. The van der Waals surface area contributed by atoms with Crippen LogP contribution < -0.4 is 8.92 Å². The fourth-order valence-corrected chi connectivity index (χ4v) is 6.30. The number of hydrogen-bond donors (Lipinski definition) is 0. The first-order valence-electron chi connectivity index (χ1n) is 12.4. The van der Waals surface area contributed by atoms with E-state index in [1.54, 1.807) is 24.3 Å². The standard InChI is InChI=1S/C29H29NO5S2/c1-37(32,33)35-24-15-11-22(12-16-24)29-27(25-7-3-4-8-26(25)36-29)28(31)21-9-13-23(14-10-21)34-20-19-30-17-5-2-6-18-30/h3-4,7-16H,2,5-6,17-20H2,1H3. The molecule has 192 valence electrons. The number of ketones is 1. The van der Waals surface area contributed by atoms with E-state index >= 15 is 0 Å². The maximum Gasteiger partial charge on any atom is 0.306 e. The van der Waals surface area contributed by atoms with E-state index in [1.807, 2.05) is 48.5 Å². The number of thiophene rings is 1. The Labute approximate surface area is 221 Å². The van der Waals surface area contributed by atoms with Crippen LogP contribution >= 0.6 is 11.3 Å². The van der Waals surface area contributed by atoms with Crippen LogP contribution in [0, 0.1) is 0 Å². The van der Waals surface area contributed by atoms with Gasteiger partial charge in [-0.05, 0) is 86.1 Å².